The molecule has 0 aliphatic rings. The lowest BCUT2D eigenvalue weighted by Crippen LogP contribution is -2.24. The third-order valence-corrected chi connectivity index (χ3v) is 3.58. The minimum atomic E-state index is -0.296. The third kappa shape index (κ3) is 3.23. The molecule has 116 valence electrons. The van der Waals surface area contributed by atoms with Crippen molar-refractivity contribution in [2.24, 2.45) is 0 Å². The van der Waals surface area contributed by atoms with Crippen LogP contribution in [-0.2, 0) is 6.54 Å². The van der Waals surface area contributed by atoms with Gasteiger partial charge in [0.2, 0.25) is 5.56 Å². The molecule has 23 heavy (non-hydrogen) atoms. The number of hydrogen-bond donors (Lipinski definition) is 2. The normalized spacial score (nSPS) is 10.5. The number of carbonyl (C=O) groups excluding carboxylic acids is 1. The summed E-state index contributed by atoms with van der Waals surface area (Å²) in [7, 11) is 1.60. The van der Waals surface area contributed by atoms with E-state index in [0.717, 1.165) is 16.7 Å². The standard InChI is InChI=1S/C18H16N2O3/c1-23-13-6-4-5-12(9-13)11-19-18(22)15-10-17(21)20-16-8-3-2-7-14(15)16/h2-10H,11H2,1H3,(H,19,22)(H,20,21). The summed E-state index contributed by atoms with van der Waals surface area (Å²) in [6.45, 7) is 0.358. The first-order valence-corrected chi connectivity index (χ1v) is 7.20. The molecule has 2 N–H and O–H groups in total. The molecule has 3 aromatic rings. The number of carbonyl (C=O) groups is 1. The van der Waals surface area contributed by atoms with Gasteiger partial charge in [0.1, 0.15) is 5.75 Å². The number of H-pyrrole nitrogens is 1. The van der Waals surface area contributed by atoms with Crippen LogP contribution in [0.5, 0.6) is 5.75 Å². The predicted octanol–water partition coefficient (Wildman–Crippen LogP) is 2.47. The number of rotatable bonds is 4. The lowest BCUT2D eigenvalue weighted by molar-refractivity contribution is 0.0952. The maximum absolute atomic E-state index is 12.4. The summed E-state index contributed by atoms with van der Waals surface area (Å²) in [5.41, 5.74) is 1.64. The lowest BCUT2D eigenvalue weighted by Gasteiger charge is -2.09. The van der Waals surface area contributed by atoms with Gasteiger partial charge in [0.05, 0.1) is 12.7 Å². The fourth-order valence-electron chi connectivity index (χ4n) is 2.45. The van der Waals surface area contributed by atoms with Gasteiger partial charge in [-0.3, -0.25) is 9.59 Å². The van der Waals surface area contributed by atoms with Crippen molar-refractivity contribution in [1.29, 1.82) is 0 Å². The van der Waals surface area contributed by atoms with E-state index >= 15 is 0 Å². The van der Waals surface area contributed by atoms with E-state index in [1.54, 1.807) is 13.2 Å². The maximum atomic E-state index is 12.4. The Morgan fingerprint density at radius 1 is 1.13 bits per heavy atom. The van der Waals surface area contributed by atoms with Crippen LogP contribution in [0.25, 0.3) is 10.9 Å². The zero-order valence-electron chi connectivity index (χ0n) is 12.6. The molecule has 0 saturated carbocycles. The summed E-state index contributed by atoms with van der Waals surface area (Å²) >= 11 is 0. The fraction of sp³-hybridized carbons (Fsp3) is 0.111. The van der Waals surface area contributed by atoms with Crippen LogP contribution in [-0.4, -0.2) is 18.0 Å². The van der Waals surface area contributed by atoms with E-state index in [4.69, 9.17) is 4.74 Å². The molecule has 3 rings (SSSR count). The predicted molar refractivity (Wildman–Crippen MR) is 88.7 cm³/mol. The highest BCUT2D eigenvalue weighted by Gasteiger charge is 2.11. The number of para-hydroxylation sites is 1. The number of aromatic nitrogens is 1. The molecule has 2 aromatic carbocycles. The molecule has 0 atom stereocenters. The van der Waals surface area contributed by atoms with Crippen molar-refractivity contribution in [1.82, 2.24) is 10.3 Å². The van der Waals surface area contributed by atoms with Crippen molar-refractivity contribution in [2.75, 3.05) is 7.11 Å². The average Bonchev–Trinajstić information content (AvgIpc) is 2.59. The topological polar surface area (TPSA) is 71.2 Å². The Labute approximate surface area is 132 Å². The number of hydrogen-bond acceptors (Lipinski definition) is 3. The number of aromatic amines is 1. The molecule has 0 unspecified atom stereocenters. The number of amides is 1. The number of nitrogens with one attached hydrogen (secondary N) is 2. The number of methoxy groups -OCH3 is 1. The van der Waals surface area contributed by atoms with Crippen LogP contribution < -0.4 is 15.6 Å². The Morgan fingerprint density at radius 2 is 1.96 bits per heavy atom. The zero-order chi connectivity index (χ0) is 16.2. The number of pyridine rings is 1. The molecule has 0 bridgehead atoms. The maximum Gasteiger partial charge on any atom is 0.252 e. The van der Waals surface area contributed by atoms with Crippen LogP contribution in [0.4, 0.5) is 0 Å². The number of benzene rings is 2. The van der Waals surface area contributed by atoms with Gasteiger partial charge < -0.3 is 15.0 Å². The molecule has 0 aliphatic heterocycles. The van der Waals surface area contributed by atoms with Crippen LogP contribution in [0.1, 0.15) is 15.9 Å². The molecule has 0 aliphatic carbocycles. The summed E-state index contributed by atoms with van der Waals surface area (Å²) < 4.78 is 5.16. The average molecular weight is 308 g/mol. The number of fused-ring (bicyclic) bond motifs is 1. The Kier molecular flexibility index (Phi) is 4.10. The van der Waals surface area contributed by atoms with Crippen molar-refractivity contribution < 1.29 is 9.53 Å². The molecular weight excluding hydrogens is 292 g/mol. The highest BCUT2D eigenvalue weighted by Crippen LogP contribution is 2.15. The second-order valence-corrected chi connectivity index (χ2v) is 5.13. The first kappa shape index (κ1) is 14.8. The Balaban J connectivity index is 1.85. The molecule has 1 heterocycles. The molecule has 0 radical (unpaired) electrons. The largest absolute Gasteiger partial charge is 0.497 e. The van der Waals surface area contributed by atoms with Crippen LogP contribution in [0.15, 0.2) is 59.4 Å². The fourth-order valence-corrected chi connectivity index (χ4v) is 2.45. The highest BCUT2D eigenvalue weighted by atomic mass is 16.5. The Bertz CT molecular complexity index is 915. The smallest absolute Gasteiger partial charge is 0.252 e. The van der Waals surface area contributed by atoms with Crippen LogP contribution in [0.2, 0.25) is 0 Å². The van der Waals surface area contributed by atoms with Crippen molar-refractivity contribution in [3.63, 3.8) is 0 Å². The third-order valence-electron chi connectivity index (χ3n) is 3.58. The number of ether oxygens (including phenoxy) is 1. The highest BCUT2D eigenvalue weighted by molar-refractivity contribution is 6.05. The van der Waals surface area contributed by atoms with E-state index in [2.05, 4.69) is 10.3 Å². The summed E-state index contributed by atoms with van der Waals surface area (Å²) in [5.74, 6) is 0.452. The molecular formula is C18H16N2O3. The molecule has 5 heteroatoms. The summed E-state index contributed by atoms with van der Waals surface area (Å²) in [6.07, 6.45) is 0. The van der Waals surface area contributed by atoms with Gasteiger partial charge in [-0.15, -0.1) is 0 Å². The Hall–Kier alpha value is -3.08. The summed E-state index contributed by atoms with van der Waals surface area (Å²) in [6, 6.07) is 16.0. The lowest BCUT2D eigenvalue weighted by atomic mass is 10.1. The second-order valence-electron chi connectivity index (χ2n) is 5.13. The van der Waals surface area contributed by atoms with Gasteiger partial charge in [-0.25, -0.2) is 0 Å². The quantitative estimate of drug-likeness (QED) is 0.778. The molecule has 1 amide bonds. The van der Waals surface area contributed by atoms with Crippen molar-refractivity contribution in [3.05, 3.63) is 76.1 Å². The monoisotopic (exact) mass is 308 g/mol. The van der Waals surface area contributed by atoms with E-state index in [1.807, 2.05) is 42.5 Å². The SMILES string of the molecule is COc1cccc(CNC(=O)c2cc(=O)[nH]c3ccccc23)c1. The van der Waals surface area contributed by atoms with Gasteiger partial charge in [-0.2, -0.15) is 0 Å². The van der Waals surface area contributed by atoms with E-state index in [-0.39, 0.29) is 11.5 Å². The van der Waals surface area contributed by atoms with E-state index < -0.39 is 0 Å². The van der Waals surface area contributed by atoms with Gasteiger partial charge in [0, 0.05) is 23.5 Å². The van der Waals surface area contributed by atoms with Crippen LogP contribution in [0.3, 0.4) is 0 Å². The summed E-state index contributed by atoms with van der Waals surface area (Å²) in [4.78, 5) is 26.9. The molecule has 1 aromatic heterocycles. The van der Waals surface area contributed by atoms with Gasteiger partial charge in [0.25, 0.3) is 5.91 Å². The molecule has 5 nitrogen and oxygen atoms in total. The van der Waals surface area contributed by atoms with E-state index in [9.17, 15) is 9.59 Å². The first-order chi connectivity index (χ1) is 11.2. The summed E-state index contributed by atoms with van der Waals surface area (Å²) in [5, 5.41) is 3.56. The van der Waals surface area contributed by atoms with Crippen molar-refractivity contribution in [3.8, 4) is 5.75 Å². The van der Waals surface area contributed by atoms with E-state index in [0.29, 0.717) is 17.6 Å². The van der Waals surface area contributed by atoms with Gasteiger partial charge >= 0.3 is 0 Å². The van der Waals surface area contributed by atoms with Gasteiger partial charge in [0.15, 0.2) is 0 Å². The van der Waals surface area contributed by atoms with Crippen molar-refractivity contribution in [2.45, 2.75) is 6.54 Å². The minimum absolute atomic E-state index is 0.282. The minimum Gasteiger partial charge on any atom is -0.497 e. The molecule has 0 spiro atoms. The zero-order valence-corrected chi connectivity index (χ0v) is 12.6. The van der Waals surface area contributed by atoms with Crippen LogP contribution >= 0.6 is 0 Å². The molecule has 0 fully saturated rings. The Morgan fingerprint density at radius 3 is 2.78 bits per heavy atom. The first-order valence-electron chi connectivity index (χ1n) is 7.20. The van der Waals surface area contributed by atoms with Gasteiger partial charge in [-0.1, -0.05) is 30.3 Å². The van der Waals surface area contributed by atoms with Gasteiger partial charge in [-0.05, 0) is 23.8 Å². The second kappa shape index (κ2) is 6.36. The van der Waals surface area contributed by atoms with Crippen molar-refractivity contribution >= 4 is 16.8 Å². The van der Waals surface area contributed by atoms with E-state index in [1.165, 1.54) is 6.07 Å². The molecule has 0 saturated heterocycles. The van der Waals surface area contributed by atoms with Crippen LogP contribution in [0, 0.1) is 0 Å².